The normalized spacial score (nSPS) is 15.8. The number of aromatic nitrogens is 2. The fourth-order valence-corrected chi connectivity index (χ4v) is 6.73. The third-order valence-electron chi connectivity index (χ3n) is 9.53. The summed E-state index contributed by atoms with van der Waals surface area (Å²) in [4.78, 5) is 44.6. The Morgan fingerprint density at radius 2 is 1.02 bits per heavy atom. The summed E-state index contributed by atoms with van der Waals surface area (Å²) in [6.45, 7) is 4.86. The molecule has 0 N–H and O–H groups in total. The van der Waals surface area contributed by atoms with Gasteiger partial charge in [0.1, 0.15) is 11.5 Å². The van der Waals surface area contributed by atoms with Crippen molar-refractivity contribution in [3.63, 3.8) is 0 Å². The highest BCUT2D eigenvalue weighted by Crippen LogP contribution is 2.28. The fraction of sp³-hybridized carbons (Fsp3) is 0.350. The summed E-state index contributed by atoms with van der Waals surface area (Å²) in [7, 11) is 3.24. The summed E-state index contributed by atoms with van der Waals surface area (Å²) in [5.74, 6) is 8.17. The van der Waals surface area contributed by atoms with Crippen LogP contribution in [0.1, 0.15) is 46.4 Å². The standard InChI is InChI=1S/C40H44N6O4/c1-49-37-13-9-31(10-14-37)39(47)45(35-7-5-21-41-29-35)33-17-25-43(26-18-33)23-3-4-24-44-27-19-34(20-28-44)46(36-8-6-22-42-30-36)40(48)32-11-15-38(50-2)16-12-32/h5-16,21-22,29-30,33-34H,17-20,23-28H2,1-2H3. The van der Waals surface area contributed by atoms with E-state index in [1.165, 1.54) is 0 Å². The number of rotatable bonds is 10. The Balaban J connectivity index is 1.00. The SMILES string of the molecule is COc1ccc(C(=O)N(c2cccnc2)C2CCN(CC#CCN3CCC(N(C(=O)c4ccc(OC)cc4)c4cccnc4)CC3)CC2)cc1. The lowest BCUT2D eigenvalue weighted by atomic mass is 10.0. The van der Waals surface area contributed by atoms with Gasteiger partial charge in [0.05, 0.1) is 51.1 Å². The van der Waals surface area contributed by atoms with Gasteiger partial charge in [-0.05, 0) is 98.5 Å². The molecule has 4 heterocycles. The van der Waals surface area contributed by atoms with Crippen LogP contribution in [-0.2, 0) is 0 Å². The predicted molar refractivity (Wildman–Crippen MR) is 195 cm³/mol. The molecular formula is C40H44N6O4. The van der Waals surface area contributed by atoms with Gasteiger partial charge in [-0.1, -0.05) is 11.8 Å². The van der Waals surface area contributed by atoms with Crippen LogP contribution < -0.4 is 19.3 Å². The number of hydrogen-bond donors (Lipinski definition) is 0. The van der Waals surface area contributed by atoms with Crippen molar-refractivity contribution >= 4 is 23.2 Å². The van der Waals surface area contributed by atoms with Crippen molar-refractivity contribution in [2.75, 3.05) is 63.3 Å². The Morgan fingerprint density at radius 3 is 1.34 bits per heavy atom. The van der Waals surface area contributed by atoms with E-state index in [1.54, 1.807) is 39.0 Å². The Morgan fingerprint density at radius 1 is 0.640 bits per heavy atom. The maximum Gasteiger partial charge on any atom is 0.258 e. The second-order valence-corrected chi connectivity index (χ2v) is 12.6. The zero-order chi connectivity index (χ0) is 34.7. The minimum absolute atomic E-state index is 0.0312. The monoisotopic (exact) mass is 672 g/mol. The second kappa shape index (κ2) is 16.9. The number of pyridine rings is 2. The maximum absolute atomic E-state index is 13.7. The molecule has 2 amide bonds. The summed E-state index contributed by atoms with van der Waals surface area (Å²) < 4.78 is 10.6. The minimum atomic E-state index is -0.0312. The summed E-state index contributed by atoms with van der Waals surface area (Å²) in [5.41, 5.74) is 2.87. The first kappa shape index (κ1) is 34.6. The van der Waals surface area contributed by atoms with Gasteiger partial charge in [-0.15, -0.1) is 0 Å². The van der Waals surface area contributed by atoms with Crippen LogP contribution in [0.2, 0.25) is 0 Å². The molecule has 0 saturated carbocycles. The third kappa shape index (κ3) is 8.48. The van der Waals surface area contributed by atoms with Crippen molar-refractivity contribution in [1.82, 2.24) is 19.8 Å². The minimum Gasteiger partial charge on any atom is -0.497 e. The molecule has 0 spiro atoms. The summed E-state index contributed by atoms with van der Waals surface area (Å²) in [5, 5.41) is 0. The van der Waals surface area contributed by atoms with Crippen LogP contribution in [0.25, 0.3) is 0 Å². The molecule has 2 aliphatic rings. The van der Waals surface area contributed by atoms with Gasteiger partial charge in [0.2, 0.25) is 0 Å². The number of likely N-dealkylation sites (tertiary alicyclic amines) is 2. The Bertz CT molecular complexity index is 1610. The number of benzene rings is 2. The molecule has 2 aromatic heterocycles. The number of methoxy groups -OCH3 is 2. The Kier molecular flexibility index (Phi) is 11.7. The lowest BCUT2D eigenvalue weighted by molar-refractivity contribution is 0.0954. The lowest BCUT2D eigenvalue weighted by Crippen LogP contribution is -2.48. The van der Waals surface area contributed by atoms with Crippen molar-refractivity contribution in [3.05, 3.63) is 109 Å². The average Bonchev–Trinajstić information content (AvgIpc) is 3.18. The smallest absolute Gasteiger partial charge is 0.258 e. The van der Waals surface area contributed by atoms with Crippen molar-refractivity contribution in [2.45, 2.75) is 37.8 Å². The molecule has 0 bridgehead atoms. The van der Waals surface area contributed by atoms with Gasteiger partial charge in [0, 0.05) is 61.8 Å². The predicted octanol–water partition coefficient (Wildman–Crippen LogP) is 5.42. The van der Waals surface area contributed by atoms with E-state index >= 15 is 0 Å². The van der Waals surface area contributed by atoms with Crippen LogP contribution in [0, 0.1) is 11.8 Å². The molecule has 0 radical (unpaired) electrons. The van der Waals surface area contributed by atoms with Crippen LogP contribution in [0.3, 0.4) is 0 Å². The maximum atomic E-state index is 13.7. The lowest BCUT2D eigenvalue weighted by Gasteiger charge is -2.38. The molecule has 0 atom stereocenters. The summed E-state index contributed by atoms with van der Waals surface area (Å²) >= 11 is 0. The number of nitrogens with zero attached hydrogens (tertiary/aromatic N) is 6. The van der Waals surface area contributed by atoms with Gasteiger partial charge in [0.15, 0.2) is 0 Å². The molecule has 10 heteroatoms. The third-order valence-corrected chi connectivity index (χ3v) is 9.53. The van der Waals surface area contributed by atoms with E-state index < -0.39 is 0 Å². The van der Waals surface area contributed by atoms with Crippen LogP contribution in [0.5, 0.6) is 11.5 Å². The molecule has 2 aromatic carbocycles. The first-order valence-electron chi connectivity index (χ1n) is 17.2. The molecule has 10 nitrogen and oxygen atoms in total. The quantitative estimate of drug-likeness (QED) is 0.207. The van der Waals surface area contributed by atoms with Crippen molar-refractivity contribution in [3.8, 4) is 23.3 Å². The molecule has 2 fully saturated rings. The Labute approximate surface area is 294 Å². The zero-order valence-electron chi connectivity index (χ0n) is 28.8. The van der Waals surface area contributed by atoms with E-state index in [4.69, 9.17) is 9.47 Å². The molecule has 0 unspecified atom stereocenters. The molecular weight excluding hydrogens is 628 g/mol. The molecule has 4 aromatic rings. The van der Waals surface area contributed by atoms with Gasteiger partial charge in [-0.2, -0.15) is 0 Å². The number of piperidine rings is 2. The van der Waals surface area contributed by atoms with Crippen LogP contribution in [-0.4, -0.2) is 97.2 Å². The highest BCUT2D eigenvalue weighted by molar-refractivity contribution is 6.07. The first-order chi connectivity index (χ1) is 24.5. The van der Waals surface area contributed by atoms with Gasteiger partial charge < -0.3 is 19.3 Å². The molecule has 50 heavy (non-hydrogen) atoms. The van der Waals surface area contributed by atoms with Gasteiger partial charge in [-0.25, -0.2) is 0 Å². The number of carbonyl (C=O) groups is 2. The first-order valence-corrected chi connectivity index (χ1v) is 17.2. The van der Waals surface area contributed by atoms with E-state index in [0.29, 0.717) is 24.2 Å². The van der Waals surface area contributed by atoms with Crippen LogP contribution in [0.15, 0.2) is 97.6 Å². The number of amides is 2. The van der Waals surface area contributed by atoms with Gasteiger partial charge in [-0.3, -0.25) is 29.4 Å². The van der Waals surface area contributed by atoms with E-state index in [0.717, 1.165) is 74.7 Å². The number of hydrogen-bond acceptors (Lipinski definition) is 8. The van der Waals surface area contributed by atoms with Crippen molar-refractivity contribution in [1.29, 1.82) is 0 Å². The van der Waals surface area contributed by atoms with E-state index in [1.807, 2.05) is 82.6 Å². The largest absolute Gasteiger partial charge is 0.497 e. The number of anilines is 2. The van der Waals surface area contributed by atoms with Crippen LogP contribution in [0.4, 0.5) is 11.4 Å². The highest BCUT2D eigenvalue weighted by Gasteiger charge is 2.31. The number of carbonyl (C=O) groups excluding carboxylic acids is 2. The van der Waals surface area contributed by atoms with Gasteiger partial charge >= 0.3 is 0 Å². The fourth-order valence-electron chi connectivity index (χ4n) is 6.73. The molecule has 2 aliphatic heterocycles. The average molecular weight is 673 g/mol. The molecule has 258 valence electrons. The zero-order valence-corrected chi connectivity index (χ0v) is 28.8. The van der Waals surface area contributed by atoms with E-state index in [9.17, 15) is 9.59 Å². The number of ether oxygens (including phenoxy) is 2. The topological polar surface area (TPSA) is 91.3 Å². The van der Waals surface area contributed by atoms with E-state index in [2.05, 4.69) is 31.6 Å². The second-order valence-electron chi connectivity index (χ2n) is 12.6. The summed E-state index contributed by atoms with van der Waals surface area (Å²) in [6, 6.07) is 22.3. The molecule has 2 saturated heterocycles. The van der Waals surface area contributed by atoms with E-state index in [-0.39, 0.29) is 23.9 Å². The van der Waals surface area contributed by atoms with Gasteiger partial charge in [0.25, 0.3) is 11.8 Å². The van der Waals surface area contributed by atoms with Crippen molar-refractivity contribution < 1.29 is 19.1 Å². The Hall–Kier alpha value is -5.24. The van der Waals surface area contributed by atoms with Crippen LogP contribution >= 0.6 is 0 Å². The highest BCUT2D eigenvalue weighted by atomic mass is 16.5. The molecule has 6 rings (SSSR count). The molecule has 0 aliphatic carbocycles. The summed E-state index contributed by atoms with van der Waals surface area (Å²) in [6.07, 6.45) is 10.4. The van der Waals surface area contributed by atoms with Crippen molar-refractivity contribution in [2.24, 2.45) is 0 Å².